The molecule has 494 valence electrons. The van der Waals surface area contributed by atoms with Crippen LogP contribution in [0, 0.1) is 0 Å². The van der Waals surface area contributed by atoms with Crippen molar-refractivity contribution in [2.75, 3.05) is 34.3 Å². The van der Waals surface area contributed by atoms with E-state index in [0.29, 0.717) is 92.5 Å². The summed E-state index contributed by atoms with van der Waals surface area (Å²) in [5, 5.41) is 62.2. The molecule has 0 saturated heterocycles. The summed E-state index contributed by atoms with van der Waals surface area (Å²) in [7, 11) is 0. The lowest BCUT2D eigenvalue weighted by atomic mass is 9.78. The molecule has 0 spiro atoms. The highest BCUT2D eigenvalue weighted by atomic mass is 16.5. The highest BCUT2D eigenvalue weighted by Crippen LogP contribution is 2.44. The molecular formula is C71H76N16O9. The second kappa shape index (κ2) is 27.2. The number of rotatable bonds is 17. The van der Waals surface area contributed by atoms with Crippen LogP contribution in [-0.4, -0.2) is 157 Å². The van der Waals surface area contributed by atoms with Gasteiger partial charge >= 0.3 is 0 Å². The number of ether oxygens (including phenoxy) is 3. The van der Waals surface area contributed by atoms with Crippen molar-refractivity contribution < 1.29 is 43.9 Å². The van der Waals surface area contributed by atoms with Gasteiger partial charge in [0.25, 0.3) is 17.7 Å². The van der Waals surface area contributed by atoms with E-state index in [1.165, 1.54) is 0 Å². The maximum Gasteiger partial charge on any atom is 0.263 e. The average Bonchev–Trinajstić information content (AvgIpc) is 1.03. The van der Waals surface area contributed by atoms with Crippen molar-refractivity contribution in [3.8, 4) is 34.3 Å². The number of para-hydroxylation sites is 2. The Hall–Kier alpha value is -10.2. The summed E-state index contributed by atoms with van der Waals surface area (Å²) in [6, 6.07) is 33.3. The molecule has 0 bridgehead atoms. The first-order chi connectivity index (χ1) is 47.0. The zero-order chi connectivity index (χ0) is 65.2. The molecule has 3 amide bonds. The molecule has 25 nitrogen and oxygen atoms in total. The van der Waals surface area contributed by atoms with Crippen LogP contribution in [0.5, 0.6) is 17.2 Å². The third kappa shape index (κ3) is 13.2. The minimum absolute atomic E-state index is 0.133. The largest absolute Gasteiger partial charge is 0.477 e. The van der Waals surface area contributed by atoms with Crippen LogP contribution >= 0.6 is 0 Å². The van der Waals surface area contributed by atoms with Crippen molar-refractivity contribution >= 4 is 34.8 Å². The van der Waals surface area contributed by atoms with Gasteiger partial charge in [-0.05, 0) is 128 Å². The Morgan fingerprint density at radius 1 is 0.458 bits per heavy atom. The van der Waals surface area contributed by atoms with E-state index in [0.717, 1.165) is 64.4 Å². The Balaban J connectivity index is 0.644. The van der Waals surface area contributed by atoms with E-state index < -0.39 is 66.5 Å². The normalized spacial score (nSPS) is 24.6. The van der Waals surface area contributed by atoms with Gasteiger partial charge in [0.05, 0.1) is 134 Å². The first kappa shape index (κ1) is 61.9. The Labute approximate surface area is 554 Å². The van der Waals surface area contributed by atoms with E-state index in [2.05, 4.69) is 46.1 Å². The summed E-state index contributed by atoms with van der Waals surface area (Å²) >= 11 is 0. The van der Waals surface area contributed by atoms with Gasteiger partial charge in [0.1, 0.15) is 28.8 Å². The van der Waals surface area contributed by atoms with E-state index in [9.17, 15) is 29.7 Å². The summed E-state index contributed by atoms with van der Waals surface area (Å²) in [5.74, 6) is 0.189. The van der Waals surface area contributed by atoms with Gasteiger partial charge in [0, 0.05) is 43.2 Å². The van der Waals surface area contributed by atoms with Crippen LogP contribution in [0.3, 0.4) is 0 Å². The number of anilines is 3. The molecule has 9 aromatic rings. The van der Waals surface area contributed by atoms with Crippen LogP contribution in [0.15, 0.2) is 165 Å². The van der Waals surface area contributed by atoms with E-state index in [-0.39, 0.29) is 44.0 Å². The summed E-state index contributed by atoms with van der Waals surface area (Å²) in [5.41, 5.74) is 8.10. The van der Waals surface area contributed by atoms with Gasteiger partial charge in [-0.3, -0.25) is 19.4 Å². The summed E-state index contributed by atoms with van der Waals surface area (Å²) in [6.45, 7) is 1.79. The standard InChI is InChI=1S/C71H76N16O9/c88-59-15-3-1-11-53(59)79-69(91)64-40-82(38-44-17-22-48(23-18-44)87-77-29-30-78-87)57-25-19-45(33-61(57)95-64)51-9-6-13-55(68(51)90)81-71(93)65-42-84(43-66-73-36-50(37-74-66)86-32-8-28-76-86)58-26-20-46(34-62(58)96-65)52-10-5-12-54(67(52)89)80-70(92)63-41-83(56-14-2-4-16-60(56)94-63)39-47-21-24-49(35-72-47)85-31-7-27-75-85/h2,4,7-8,14,16-37,51-55,59,63-65,67-68,88-90H,1,3,5-6,9-13,15,38-43H2,(H,79,91)(H,80,92)(H,81,93). The molecule has 3 fully saturated rings. The van der Waals surface area contributed by atoms with Crippen LogP contribution in [0.1, 0.15) is 104 Å². The molecule has 4 aromatic carbocycles. The Kier molecular flexibility index (Phi) is 17.6. The first-order valence-corrected chi connectivity index (χ1v) is 33.3. The number of fused-ring (bicyclic) bond motifs is 3. The van der Waals surface area contributed by atoms with Gasteiger partial charge in [-0.25, -0.2) is 19.3 Å². The maximum atomic E-state index is 14.9. The van der Waals surface area contributed by atoms with Crippen molar-refractivity contribution in [1.29, 1.82) is 0 Å². The number of pyridine rings is 1. The molecule has 25 heteroatoms. The van der Waals surface area contributed by atoms with Gasteiger partial charge in [0.2, 0.25) is 0 Å². The van der Waals surface area contributed by atoms with Crippen molar-refractivity contribution in [2.45, 2.75) is 150 Å². The topological polar surface area (TPSA) is 290 Å². The fraction of sp³-hybridized carbons (Fsp3) is 0.380. The minimum Gasteiger partial charge on any atom is -0.477 e. The molecule has 3 aliphatic carbocycles. The smallest absolute Gasteiger partial charge is 0.263 e. The van der Waals surface area contributed by atoms with Gasteiger partial charge < -0.3 is 60.2 Å². The van der Waals surface area contributed by atoms with Crippen LogP contribution < -0.4 is 44.9 Å². The molecule has 11 unspecified atom stereocenters. The Morgan fingerprint density at radius 2 is 0.969 bits per heavy atom. The number of aromatic nitrogens is 10. The predicted molar refractivity (Wildman–Crippen MR) is 353 cm³/mol. The van der Waals surface area contributed by atoms with E-state index in [4.69, 9.17) is 29.2 Å². The minimum atomic E-state index is -1.04. The summed E-state index contributed by atoms with van der Waals surface area (Å²) in [4.78, 5) is 65.3. The predicted octanol–water partition coefficient (Wildman–Crippen LogP) is 6.17. The number of aliphatic hydroxyl groups excluding tert-OH is 3. The quantitative estimate of drug-likeness (QED) is 0.0594. The fourth-order valence-corrected chi connectivity index (χ4v) is 14.6. The zero-order valence-electron chi connectivity index (χ0n) is 52.9. The number of benzene rings is 4. The van der Waals surface area contributed by atoms with Crippen LogP contribution in [0.4, 0.5) is 17.1 Å². The maximum absolute atomic E-state index is 14.9. The van der Waals surface area contributed by atoms with E-state index in [1.54, 1.807) is 57.5 Å². The third-order valence-corrected chi connectivity index (χ3v) is 19.7. The molecule has 3 saturated carbocycles. The van der Waals surface area contributed by atoms with Crippen molar-refractivity contribution in [2.24, 2.45) is 0 Å². The number of carbonyl (C=O) groups excluding carboxylic acids is 3. The number of hydrogen-bond acceptors (Lipinski definition) is 19. The van der Waals surface area contributed by atoms with Gasteiger partial charge in [-0.2, -0.15) is 25.2 Å². The molecule has 8 heterocycles. The van der Waals surface area contributed by atoms with Gasteiger partial charge in [-0.1, -0.05) is 62.1 Å². The molecular weight excluding hydrogens is 1220 g/mol. The number of nitrogens with zero attached hydrogens (tertiary/aromatic N) is 13. The molecule has 0 radical (unpaired) electrons. The summed E-state index contributed by atoms with van der Waals surface area (Å²) in [6.07, 6.45) is 17.0. The molecule has 6 N–H and O–H groups in total. The Bertz CT molecular complexity index is 4160. The second-order valence-corrected chi connectivity index (χ2v) is 25.9. The SMILES string of the molecule is O=C(NC1CCCCC1O)C1CN(Cc2ccc(-n3nccn3)cc2)c2ccc(C3CCCC(NC(=O)C4CN(Cc5ncc(-n6cccn6)cn5)c5ccc(C6CCCC(NC(=O)C7CN(Cc8ccc(-n9cccn9)cn8)c8ccccc8O7)C6O)cc5O4)C3O)cc2O1. The number of hydrogen-bond donors (Lipinski definition) is 6. The molecule has 6 aliphatic rings. The highest BCUT2D eigenvalue weighted by molar-refractivity contribution is 5.85. The highest BCUT2D eigenvalue weighted by Gasteiger charge is 2.42. The molecule has 96 heavy (non-hydrogen) atoms. The van der Waals surface area contributed by atoms with Crippen molar-refractivity contribution in [1.82, 2.24) is 65.5 Å². The number of nitrogens with one attached hydrogen (secondary N) is 3. The fourth-order valence-electron chi connectivity index (χ4n) is 14.6. The van der Waals surface area contributed by atoms with E-state index >= 15 is 0 Å². The van der Waals surface area contributed by atoms with Gasteiger partial charge in [0.15, 0.2) is 18.3 Å². The zero-order valence-corrected chi connectivity index (χ0v) is 52.9. The molecule has 15 rings (SSSR count). The number of carbonyl (C=O) groups is 3. The van der Waals surface area contributed by atoms with Crippen LogP contribution in [0.2, 0.25) is 0 Å². The lowest BCUT2D eigenvalue weighted by Crippen LogP contribution is -2.55. The molecule has 11 atom stereocenters. The number of amides is 3. The van der Waals surface area contributed by atoms with Crippen LogP contribution in [0.25, 0.3) is 17.1 Å². The lowest BCUT2D eigenvalue weighted by Gasteiger charge is -2.40. The van der Waals surface area contributed by atoms with E-state index in [1.807, 2.05) is 126 Å². The first-order valence-electron chi connectivity index (χ1n) is 33.3. The molecule has 5 aromatic heterocycles. The summed E-state index contributed by atoms with van der Waals surface area (Å²) < 4.78 is 23.1. The van der Waals surface area contributed by atoms with Crippen LogP contribution in [-0.2, 0) is 34.0 Å². The third-order valence-electron chi connectivity index (χ3n) is 19.7. The van der Waals surface area contributed by atoms with Gasteiger partial charge in [-0.15, -0.1) is 0 Å². The lowest BCUT2D eigenvalue weighted by molar-refractivity contribution is -0.130. The monoisotopic (exact) mass is 1300 g/mol. The van der Waals surface area contributed by atoms with Crippen molar-refractivity contribution in [3.05, 3.63) is 193 Å². The Morgan fingerprint density at radius 3 is 1.54 bits per heavy atom. The molecule has 3 aliphatic heterocycles. The number of aliphatic hydroxyl groups is 3. The second-order valence-electron chi connectivity index (χ2n) is 25.9. The van der Waals surface area contributed by atoms with Crippen molar-refractivity contribution in [3.63, 3.8) is 0 Å². The average molecular weight is 1300 g/mol.